The number of benzene rings is 6. The van der Waals surface area contributed by atoms with Crippen LogP contribution in [0.1, 0.15) is 50.9 Å². The van der Waals surface area contributed by atoms with Gasteiger partial charge in [-0.1, -0.05) is 60.7 Å². The predicted molar refractivity (Wildman–Crippen MR) is 170 cm³/mol. The highest BCUT2D eigenvalue weighted by molar-refractivity contribution is 6.01. The quantitative estimate of drug-likeness (QED) is 0.211. The van der Waals surface area contributed by atoms with Crippen LogP contribution in [-0.4, -0.2) is 0 Å². The number of hydrogen-bond donors (Lipinski definition) is 0. The Balaban J connectivity index is 1.07. The Morgan fingerprint density at radius 3 is 1.28 bits per heavy atom. The molecule has 0 radical (unpaired) electrons. The molecular formula is C39H32. The van der Waals surface area contributed by atoms with Crippen molar-refractivity contribution in [3.05, 3.63) is 129 Å². The molecular weight excluding hydrogens is 468 g/mol. The Bertz CT molecular complexity index is 1900. The van der Waals surface area contributed by atoms with Gasteiger partial charge in [0.15, 0.2) is 0 Å². The fourth-order valence-electron chi connectivity index (χ4n) is 6.95. The molecule has 0 atom stereocenters. The lowest BCUT2D eigenvalue weighted by Crippen LogP contribution is -1.96. The summed E-state index contributed by atoms with van der Waals surface area (Å²) in [6, 6.07) is 28.7. The molecule has 2 aliphatic rings. The molecule has 0 N–H and O–H groups in total. The van der Waals surface area contributed by atoms with Crippen LogP contribution in [0.5, 0.6) is 0 Å². The van der Waals surface area contributed by atoms with E-state index in [2.05, 4.69) is 111 Å². The van der Waals surface area contributed by atoms with Crippen molar-refractivity contribution in [3.8, 4) is 0 Å². The Labute approximate surface area is 230 Å². The zero-order chi connectivity index (χ0) is 26.1. The van der Waals surface area contributed by atoms with Crippen LogP contribution in [0.15, 0.2) is 84.9 Å². The van der Waals surface area contributed by atoms with Gasteiger partial charge in [0.2, 0.25) is 0 Å². The van der Waals surface area contributed by atoms with E-state index >= 15 is 0 Å². The molecule has 2 aliphatic carbocycles. The minimum Gasteiger partial charge on any atom is -0.0795 e. The summed E-state index contributed by atoms with van der Waals surface area (Å²) in [4.78, 5) is 0. The molecule has 0 aliphatic heterocycles. The van der Waals surface area contributed by atoms with Crippen LogP contribution >= 0.6 is 0 Å². The van der Waals surface area contributed by atoms with E-state index in [1.54, 1.807) is 0 Å². The lowest BCUT2D eigenvalue weighted by molar-refractivity contribution is 0.814. The largest absolute Gasteiger partial charge is 0.0795 e. The summed E-state index contributed by atoms with van der Waals surface area (Å²) in [7, 11) is 0. The van der Waals surface area contributed by atoms with Gasteiger partial charge in [0.25, 0.3) is 0 Å². The number of allylic oxidation sites excluding steroid dienone is 2. The molecule has 0 amide bonds. The Hall–Kier alpha value is -4.16. The molecule has 0 heterocycles. The van der Waals surface area contributed by atoms with E-state index in [0.717, 1.165) is 32.1 Å². The van der Waals surface area contributed by atoms with Gasteiger partial charge in [0.05, 0.1) is 0 Å². The van der Waals surface area contributed by atoms with Crippen LogP contribution in [0, 0.1) is 13.8 Å². The average Bonchev–Trinajstić information content (AvgIpc) is 3.57. The Morgan fingerprint density at radius 2 is 0.821 bits per heavy atom. The molecule has 0 bridgehead atoms. The molecule has 6 aromatic rings. The highest BCUT2D eigenvalue weighted by atomic mass is 14.2. The van der Waals surface area contributed by atoms with Crippen LogP contribution in [0.4, 0.5) is 0 Å². The standard InChI is InChI=1S/C39H32/c1-24-12-32-20-36-16-28-8-4-10-30(28)18-38(36)22-34(32)14-26(24)6-3-7-27-15-35-23-39-19-31-11-5-9-29(31)17-37(39)21-33(35)13-25(27)2/h4-5,10-23H,3,6-9H2,1-2H3. The van der Waals surface area contributed by atoms with Gasteiger partial charge in [-0.3, -0.25) is 0 Å². The Kier molecular flexibility index (Phi) is 5.07. The fourth-order valence-corrected chi connectivity index (χ4v) is 6.95. The Morgan fingerprint density at radius 1 is 0.436 bits per heavy atom. The van der Waals surface area contributed by atoms with E-state index in [-0.39, 0.29) is 0 Å². The molecule has 0 aromatic heterocycles. The molecule has 0 spiro atoms. The van der Waals surface area contributed by atoms with Crippen LogP contribution in [0.25, 0.3) is 55.2 Å². The molecule has 39 heavy (non-hydrogen) atoms. The fraction of sp³-hybridized carbons (Fsp3) is 0.179. The lowest BCUT2D eigenvalue weighted by atomic mass is 9.92. The van der Waals surface area contributed by atoms with Gasteiger partial charge in [0, 0.05) is 0 Å². The summed E-state index contributed by atoms with van der Waals surface area (Å²) in [5, 5.41) is 10.8. The first-order valence-corrected chi connectivity index (χ1v) is 14.4. The summed E-state index contributed by atoms with van der Waals surface area (Å²) >= 11 is 0. The summed E-state index contributed by atoms with van der Waals surface area (Å²) in [5.41, 5.74) is 11.5. The first-order chi connectivity index (χ1) is 19.1. The van der Waals surface area contributed by atoms with Crippen LogP contribution in [0.2, 0.25) is 0 Å². The monoisotopic (exact) mass is 500 g/mol. The highest BCUT2D eigenvalue weighted by Gasteiger charge is 2.11. The average molecular weight is 501 g/mol. The normalized spacial score (nSPS) is 13.8. The zero-order valence-corrected chi connectivity index (χ0v) is 22.8. The third-order valence-electron chi connectivity index (χ3n) is 9.18. The maximum absolute atomic E-state index is 2.44. The maximum atomic E-state index is 2.44. The molecule has 0 fully saturated rings. The van der Waals surface area contributed by atoms with Gasteiger partial charge < -0.3 is 0 Å². The summed E-state index contributed by atoms with van der Waals surface area (Å²) in [5.74, 6) is 0. The number of hydrogen-bond acceptors (Lipinski definition) is 0. The number of rotatable bonds is 4. The minimum absolute atomic E-state index is 1.06. The van der Waals surface area contributed by atoms with E-state index in [4.69, 9.17) is 0 Å². The number of fused-ring (bicyclic) bond motifs is 6. The SMILES string of the molecule is Cc1cc2cc3cc4c(cc3cc2cc1CCCc1cc2cc3cc5c(cc3cc2cc1C)CC=C5)C=CC4. The van der Waals surface area contributed by atoms with Crippen molar-refractivity contribution < 1.29 is 0 Å². The zero-order valence-electron chi connectivity index (χ0n) is 22.8. The van der Waals surface area contributed by atoms with Crippen LogP contribution in [-0.2, 0) is 25.7 Å². The van der Waals surface area contributed by atoms with E-state index in [1.165, 1.54) is 87.6 Å². The molecule has 0 heteroatoms. The number of aryl methyl sites for hydroxylation is 4. The van der Waals surface area contributed by atoms with Crippen molar-refractivity contribution in [2.75, 3.05) is 0 Å². The molecule has 0 nitrogen and oxygen atoms in total. The molecule has 0 unspecified atom stereocenters. The van der Waals surface area contributed by atoms with Gasteiger partial charge >= 0.3 is 0 Å². The van der Waals surface area contributed by atoms with Gasteiger partial charge in [-0.2, -0.15) is 0 Å². The molecule has 0 saturated carbocycles. The van der Waals surface area contributed by atoms with E-state index in [9.17, 15) is 0 Å². The summed E-state index contributed by atoms with van der Waals surface area (Å²) in [6.45, 7) is 4.56. The summed E-state index contributed by atoms with van der Waals surface area (Å²) < 4.78 is 0. The molecule has 8 rings (SSSR count). The first-order valence-electron chi connectivity index (χ1n) is 14.4. The van der Waals surface area contributed by atoms with E-state index < -0.39 is 0 Å². The minimum atomic E-state index is 1.06. The molecule has 6 aromatic carbocycles. The second-order valence-corrected chi connectivity index (χ2v) is 11.8. The van der Waals surface area contributed by atoms with Crippen molar-refractivity contribution in [2.24, 2.45) is 0 Å². The van der Waals surface area contributed by atoms with Crippen molar-refractivity contribution in [1.82, 2.24) is 0 Å². The lowest BCUT2D eigenvalue weighted by Gasteiger charge is -2.13. The smallest absolute Gasteiger partial charge is 0.00880 e. The highest BCUT2D eigenvalue weighted by Crippen LogP contribution is 2.33. The van der Waals surface area contributed by atoms with Gasteiger partial charge in [-0.15, -0.1) is 0 Å². The van der Waals surface area contributed by atoms with Crippen molar-refractivity contribution in [3.63, 3.8) is 0 Å². The van der Waals surface area contributed by atoms with E-state index in [1.807, 2.05) is 0 Å². The van der Waals surface area contributed by atoms with E-state index in [0.29, 0.717) is 0 Å². The summed E-state index contributed by atoms with van der Waals surface area (Å²) in [6.07, 6.45) is 14.6. The predicted octanol–water partition coefficient (Wildman–Crippen LogP) is 10.2. The van der Waals surface area contributed by atoms with Crippen molar-refractivity contribution in [2.45, 2.75) is 46.0 Å². The van der Waals surface area contributed by atoms with Gasteiger partial charge in [-0.05, 0) is 170 Å². The second-order valence-electron chi connectivity index (χ2n) is 11.8. The molecule has 188 valence electrons. The third kappa shape index (κ3) is 3.90. The molecule has 0 saturated heterocycles. The third-order valence-corrected chi connectivity index (χ3v) is 9.18. The topological polar surface area (TPSA) is 0 Å². The van der Waals surface area contributed by atoms with Crippen LogP contribution < -0.4 is 0 Å². The van der Waals surface area contributed by atoms with Crippen molar-refractivity contribution in [1.29, 1.82) is 0 Å². The van der Waals surface area contributed by atoms with Gasteiger partial charge in [0.1, 0.15) is 0 Å². The van der Waals surface area contributed by atoms with Crippen molar-refractivity contribution >= 4 is 55.2 Å². The van der Waals surface area contributed by atoms with Crippen LogP contribution in [0.3, 0.4) is 0 Å². The van der Waals surface area contributed by atoms with Gasteiger partial charge in [-0.25, -0.2) is 0 Å². The first kappa shape index (κ1) is 22.8. The second kappa shape index (κ2) is 8.68. The maximum Gasteiger partial charge on any atom is -0.00880 e.